The Morgan fingerprint density at radius 3 is 2.93 bits per heavy atom. The van der Waals surface area contributed by atoms with Crippen molar-refractivity contribution in [3.05, 3.63) is 12.4 Å². The average molecular weight is 195 g/mol. The molecule has 1 aliphatic rings. The third-order valence-corrected chi connectivity index (χ3v) is 2.52. The minimum Gasteiger partial charge on any atom is -0.467 e. The first-order valence-corrected chi connectivity index (χ1v) is 4.55. The molecule has 0 saturated carbocycles. The normalized spacial score (nSPS) is 20.4. The van der Waals surface area contributed by atoms with E-state index in [1.807, 2.05) is 18.1 Å². The Balaban J connectivity index is 2.10. The van der Waals surface area contributed by atoms with Gasteiger partial charge >= 0.3 is 5.97 Å². The van der Waals surface area contributed by atoms with Crippen molar-refractivity contribution < 1.29 is 9.53 Å². The molecule has 76 valence electrons. The molecule has 0 bridgehead atoms. The zero-order valence-electron chi connectivity index (χ0n) is 8.30. The zero-order chi connectivity index (χ0) is 10.1. The van der Waals surface area contributed by atoms with Crippen molar-refractivity contribution in [3.8, 4) is 0 Å². The first-order chi connectivity index (χ1) is 6.72. The molecule has 1 atom stereocenters. The highest BCUT2D eigenvalue weighted by Gasteiger charge is 2.35. The number of aryl methyl sites for hydroxylation is 1. The Morgan fingerprint density at radius 2 is 2.50 bits per heavy atom. The third kappa shape index (κ3) is 1.34. The predicted octanol–water partition coefficient (Wildman–Crippen LogP) is 0.172. The summed E-state index contributed by atoms with van der Waals surface area (Å²) in [4.78, 5) is 13.3. The molecule has 1 aromatic rings. The molecule has 0 N–H and O–H groups in total. The van der Waals surface area contributed by atoms with Crippen LogP contribution in [0.1, 0.15) is 6.42 Å². The second kappa shape index (κ2) is 3.32. The Labute approximate surface area is 82.3 Å². The van der Waals surface area contributed by atoms with E-state index in [2.05, 4.69) is 5.10 Å². The Hall–Kier alpha value is -1.52. The van der Waals surface area contributed by atoms with Gasteiger partial charge in [-0.25, -0.2) is 4.79 Å². The minimum atomic E-state index is -0.167. The lowest BCUT2D eigenvalue weighted by Gasteiger charge is -2.39. The monoisotopic (exact) mass is 195 g/mol. The number of hydrogen-bond acceptors (Lipinski definition) is 4. The summed E-state index contributed by atoms with van der Waals surface area (Å²) in [7, 11) is 3.28. The van der Waals surface area contributed by atoms with Gasteiger partial charge in [0.2, 0.25) is 0 Å². The molecule has 1 saturated heterocycles. The summed E-state index contributed by atoms with van der Waals surface area (Å²) in [5, 5.41) is 4.06. The molecule has 14 heavy (non-hydrogen) atoms. The van der Waals surface area contributed by atoms with Crippen LogP contribution in [0, 0.1) is 0 Å². The van der Waals surface area contributed by atoms with Crippen LogP contribution in [0.4, 0.5) is 5.69 Å². The predicted molar refractivity (Wildman–Crippen MR) is 51.0 cm³/mol. The molecule has 1 aromatic heterocycles. The number of methoxy groups -OCH3 is 1. The van der Waals surface area contributed by atoms with Crippen molar-refractivity contribution in [1.82, 2.24) is 9.78 Å². The van der Waals surface area contributed by atoms with Crippen LogP contribution in [-0.4, -0.2) is 35.4 Å². The Bertz CT molecular complexity index is 348. The average Bonchev–Trinajstić information content (AvgIpc) is 2.49. The maximum atomic E-state index is 11.3. The van der Waals surface area contributed by atoms with E-state index in [4.69, 9.17) is 4.74 Å². The summed E-state index contributed by atoms with van der Waals surface area (Å²) in [6.07, 6.45) is 4.52. The van der Waals surface area contributed by atoms with Gasteiger partial charge < -0.3 is 9.64 Å². The zero-order valence-corrected chi connectivity index (χ0v) is 8.30. The molecule has 0 aliphatic carbocycles. The molecule has 2 rings (SSSR count). The standard InChI is InChI=1S/C9H13N3O2/c1-11-6-7(5-10-11)12-4-3-8(12)9(13)14-2/h5-6,8H,3-4H2,1-2H3. The van der Waals surface area contributed by atoms with E-state index in [-0.39, 0.29) is 12.0 Å². The third-order valence-electron chi connectivity index (χ3n) is 2.52. The number of rotatable bonds is 2. The van der Waals surface area contributed by atoms with Crippen LogP contribution in [-0.2, 0) is 16.6 Å². The van der Waals surface area contributed by atoms with Gasteiger partial charge in [-0.05, 0) is 6.42 Å². The molecule has 0 amide bonds. The second-order valence-electron chi connectivity index (χ2n) is 3.39. The summed E-state index contributed by atoms with van der Waals surface area (Å²) >= 11 is 0. The summed E-state index contributed by atoms with van der Waals surface area (Å²) in [6.45, 7) is 0.894. The molecule has 5 heteroatoms. The fourth-order valence-electron chi connectivity index (χ4n) is 1.63. The van der Waals surface area contributed by atoms with Gasteiger partial charge in [-0.2, -0.15) is 5.10 Å². The number of carbonyl (C=O) groups is 1. The van der Waals surface area contributed by atoms with E-state index in [1.165, 1.54) is 7.11 Å². The Kier molecular flexibility index (Phi) is 2.15. The molecule has 0 spiro atoms. The van der Waals surface area contributed by atoms with Gasteiger partial charge in [0.05, 0.1) is 19.0 Å². The van der Waals surface area contributed by atoms with Gasteiger partial charge in [0.1, 0.15) is 6.04 Å². The summed E-state index contributed by atoms with van der Waals surface area (Å²) in [6, 6.07) is -0.121. The Morgan fingerprint density at radius 1 is 1.71 bits per heavy atom. The van der Waals surface area contributed by atoms with Crippen molar-refractivity contribution in [2.45, 2.75) is 12.5 Å². The second-order valence-corrected chi connectivity index (χ2v) is 3.39. The van der Waals surface area contributed by atoms with Gasteiger partial charge in [-0.3, -0.25) is 4.68 Å². The number of hydrogen-bond donors (Lipinski definition) is 0. The first-order valence-electron chi connectivity index (χ1n) is 4.55. The van der Waals surface area contributed by atoms with Crippen LogP contribution in [0.5, 0.6) is 0 Å². The van der Waals surface area contributed by atoms with Gasteiger partial charge in [0.15, 0.2) is 0 Å². The topological polar surface area (TPSA) is 47.4 Å². The van der Waals surface area contributed by atoms with Crippen LogP contribution in [0.25, 0.3) is 0 Å². The van der Waals surface area contributed by atoms with Crippen molar-refractivity contribution in [3.63, 3.8) is 0 Å². The molecule has 1 unspecified atom stereocenters. The van der Waals surface area contributed by atoms with Crippen LogP contribution in [0.3, 0.4) is 0 Å². The fraction of sp³-hybridized carbons (Fsp3) is 0.556. The number of anilines is 1. The largest absolute Gasteiger partial charge is 0.467 e. The van der Waals surface area contributed by atoms with Gasteiger partial charge in [0.25, 0.3) is 0 Å². The quantitative estimate of drug-likeness (QED) is 0.631. The van der Waals surface area contributed by atoms with E-state index in [0.717, 1.165) is 18.7 Å². The highest BCUT2D eigenvalue weighted by molar-refractivity contribution is 5.81. The molecule has 5 nitrogen and oxygen atoms in total. The van der Waals surface area contributed by atoms with E-state index in [0.29, 0.717) is 0 Å². The molecule has 0 aromatic carbocycles. The van der Waals surface area contributed by atoms with Crippen LogP contribution >= 0.6 is 0 Å². The number of carbonyl (C=O) groups excluding carboxylic acids is 1. The maximum absolute atomic E-state index is 11.3. The smallest absolute Gasteiger partial charge is 0.328 e. The number of nitrogens with zero attached hydrogens (tertiary/aromatic N) is 3. The number of esters is 1. The SMILES string of the molecule is COC(=O)C1CCN1c1cnn(C)c1. The lowest BCUT2D eigenvalue weighted by Crippen LogP contribution is -2.53. The molecule has 1 aliphatic heterocycles. The lowest BCUT2D eigenvalue weighted by molar-refractivity contribution is -0.143. The van der Waals surface area contributed by atoms with Crippen molar-refractivity contribution in [2.24, 2.45) is 7.05 Å². The van der Waals surface area contributed by atoms with Gasteiger partial charge in [0, 0.05) is 19.8 Å². The van der Waals surface area contributed by atoms with E-state index >= 15 is 0 Å². The summed E-state index contributed by atoms with van der Waals surface area (Å²) in [5.74, 6) is -0.167. The van der Waals surface area contributed by atoms with E-state index < -0.39 is 0 Å². The first kappa shape index (κ1) is 9.05. The summed E-state index contributed by atoms with van der Waals surface area (Å²) < 4.78 is 6.43. The highest BCUT2D eigenvalue weighted by atomic mass is 16.5. The minimum absolute atomic E-state index is 0.121. The molecule has 0 radical (unpaired) electrons. The molecular formula is C9H13N3O2. The summed E-state index contributed by atoms with van der Waals surface area (Å²) in [5.41, 5.74) is 0.981. The number of ether oxygens (including phenoxy) is 1. The molecule has 2 heterocycles. The molecular weight excluding hydrogens is 182 g/mol. The van der Waals surface area contributed by atoms with Gasteiger partial charge in [-0.15, -0.1) is 0 Å². The van der Waals surface area contributed by atoms with Crippen molar-refractivity contribution in [1.29, 1.82) is 0 Å². The van der Waals surface area contributed by atoms with Crippen LogP contribution in [0.2, 0.25) is 0 Å². The van der Waals surface area contributed by atoms with Crippen molar-refractivity contribution in [2.75, 3.05) is 18.6 Å². The van der Waals surface area contributed by atoms with Gasteiger partial charge in [-0.1, -0.05) is 0 Å². The van der Waals surface area contributed by atoms with E-state index in [9.17, 15) is 4.79 Å². The maximum Gasteiger partial charge on any atom is 0.328 e. The number of aromatic nitrogens is 2. The van der Waals surface area contributed by atoms with Crippen molar-refractivity contribution >= 4 is 11.7 Å². The fourth-order valence-corrected chi connectivity index (χ4v) is 1.63. The highest BCUT2D eigenvalue weighted by Crippen LogP contribution is 2.26. The van der Waals surface area contributed by atoms with Crippen LogP contribution < -0.4 is 4.90 Å². The molecule has 1 fully saturated rings. The van der Waals surface area contributed by atoms with E-state index in [1.54, 1.807) is 10.9 Å². The van der Waals surface area contributed by atoms with Crippen LogP contribution in [0.15, 0.2) is 12.4 Å². The lowest BCUT2D eigenvalue weighted by atomic mass is 10.0.